The van der Waals surface area contributed by atoms with Crippen molar-refractivity contribution in [2.75, 3.05) is 6.61 Å². The minimum atomic E-state index is -0.244. The minimum absolute atomic E-state index is 0.0614. The smallest absolute Gasteiger partial charge is 0.287 e. The lowest BCUT2D eigenvalue weighted by molar-refractivity contribution is 0.0923. The van der Waals surface area contributed by atoms with E-state index in [4.69, 9.17) is 9.52 Å². The van der Waals surface area contributed by atoms with Crippen LogP contribution in [-0.4, -0.2) is 17.6 Å². The van der Waals surface area contributed by atoms with Gasteiger partial charge in [0.1, 0.15) is 0 Å². The number of hydrogen-bond donors (Lipinski definition) is 2. The molecule has 0 unspecified atom stereocenters. The number of rotatable bonds is 4. The van der Waals surface area contributed by atoms with Gasteiger partial charge >= 0.3 is 0 Å². The third kappa shape index (κ3) is 4.01. The van der Waals surface area contributed by atoms with Crippen molar-refractivity contribution in [3.63, 3.8) is 0 Å². The minimum Gasteiger partial charge on any atom is -0.459 e. The van der Waals surface area contributed by atoms with Crippen LogP contribution < -0.4 is 5.32 Å². The molecule has 0 spiro atoms. The van der Waals surface area contributed by atoms with E-state index >= 15 is 0 Å². The first kappa shape index (κ1) is 13.9. The molecule has 0 aliphatic heterocycles. The van der Waals surface area contributed by atoms with E-state index in [1.165, 1.54) is 6.26 Å². The molecule has 4 heteroatoms. The Morgan fingerprint density at radius 2 is 2.20 bits per heavy atom. The quantitative estimate of drug-likeness (QED) is 0.834. The first-order valence-electron chi connectivity index (χ1n) is 6.30. The number of nitrogens with one attached hydrogen (secondary N) is 1. The van der Waals surface area contributed by atoms with Crippen LogP contribution in [0.25, 0.3) is 0 Å². The van der Waals surface area contributed by atoms with Crippen LogP contribution in [0.15, 0.2) is 47.1 Å². The summed E-state index contributed by atoms with van der Waals surface area (Å²) >= 11 is 0. The normalized spacial score (nSPS) is 9.65. The predicted molar refractivity (Wildman–Crippen MR) is 74.9 cm³/mol. The van der Waals surface area contributed by atoms with Gasteiger partial charge in [-0.1, -0.05) is 24.0 Å². The summed E-state index contributed by atoms with van der Waals surface area (Å²) in [7, 11) is 0. The summed E-state index contributed by atoms with van der Waals surface area (Å²) in [4.78, 5) is 11.7. The van der Waals surface area contributed by atoms with Gasteiger partial charge in [-0.3, -0.25) is 4.79 Å². The summed E-state index contributed by atoms with van der Waals surface area (Å²) in [6.07, 6.45) is 1.92. The van der Waals surface area contributed by atoms with Crippen molar-refractivity contribution in [3.05, 3.63) is 59.5 Å². The maximum atomic E-state index is 11.7. The Hall–Kier alpha value is -2.51. The maximum absolute atomic E-state index is 11.7. The molecule has 0 atom stereocenters. The molecule has 2 aromatic rings. The van der Waals surface area contributed by atoms with Crippen molar-refractivity contribution in [3.8, 4) is 11.8 Å². The summed E-state index contributed by atoms with van der Waals surface area (Å²) in [6, 6.07) is 10.9. The van der Waals surface area contributed by atoms with E-state index in [1.54, 1.807) is 12.1 Å². The number of benzene rings is 1. The largest absolute Gasteiger partial charge is 0.459 e. The average molecular weight is 269 g/mol. The number of carbonyl (C=O) groups is 1. The summed E-state index contributed by atoms with van der Waals surface area (Å²) in [5, 5.41) is 11.5. The molecule has 0 radical (unpaired) electrons. The van der Waals surface area contributed by atoms with E-state index < -0.39 is 0 Å². The van der Waals surface area contributed by atoms with Crippen LogP contribution in [0.5, 0.6) is 0 Å². The van der Waals surface area contributed by atoms with Gasteiger partial charge in [0.25, 0.3) is 5.91 Å². The van der Waals surface area contributed by atoms with Crippen LogP contribution in [0.3, 0.4) is 0 Å². The standard InChI is InChI=1S/C16H15NO3/c18-9-2-1-5-13-6-3-7-14(11-13)12-17-16(19)15-8-4-10-20-15/h3-4,6-8,10-11,18H,2,9,12H2,(H,17,19). The molecule has 0 fully saturated rings. The Morgan fingerprint density at radius 3 is 2.95 bits per heavy atom. The van der Waals surface area contributed by atoms with Gasteiger partial charge in [-0.15, -0.1) is 0 Å². The van der Waals surface area contributed by atoms with E-state index in [1.807, 2.05) is 24.3 Å². The number of amides is 1. The van der Waals surface area contributed by atoms with E-state index in [0.29, 0.717) is 18.7 Å². The molecular weight excluding hydrogens is 254 g/mol. The first-order valence-corrected chi connectivity index (χ1v) is 6.30. The van der Waals surface area contributed by atoms with Gasteiger partial charge in [0, 0.05) is 18.5 Å². The lowest BCUT2D eigenvalue weighted by Crippen LogP contribution is -2.22. The Labute approximate surface area is 117 Å². The molecule has 1 amide bonds. The summed E-state index contributed by atoms with van der Waals surface area (Å²) in [5.74, 6) is 5.87. The third-order valence-corrected chi connectivity index (χ3v) is 2.59. The maximum Gasteiger partial charge on any atom is 0.287 e. The first-order chi connectivity index (χ1) is 9.79. The number of aliphatic hydroxyl groups is 1. The van der Waals surface area contributed by atoms with E-state index in [9.17, 15) is 4.79 Å². The van der Waals surface area contributed by atoms with E-state index in [-0.39, 0.29) is 12.5 Å². The van der Waals surface area contributed by atoms with Gasteiger partial charge in [0.05, 0.1) is 12.9 Å². The van der Waals surface area contributed by atoms with E-state index in [2.05, 4.69) is 17.2 Å². The molecule has 102 valence electrons. The molecule has 1 heterocycles. The fourth-order valence-electron chi connectivity index (χ4n) is 1.66. The van der Waals surface area contributed by atoms with Crippen molar-refractivity contribution >= 4 is 5.91 Å². The highest BCUT2D eigenvalue weighted by atomic mass is 16.3. The average Bonchev–Trinajstić information content (AvgIpc) is 3.00. The number of carbonyl (C=O) groups excluding carboxylic acids is 1. The molecule has 2 rings (SSSR count). The number of aliphatic hydroxyl groups excluding tert-OH is 1. The molecule has 4 nitrogen and oxygen atoms in total. The fraction of sp³-hybridized carbons (Fsp3) is 0.188. The molecule has 1 aromatic heterocycles. The fourth-order valence-corrected chi connectivity index (χ4v) is 1.66. The molecule has 20 heavy (non-hydrogen) atoms. The highest BCUT2D eigenvalue weighted by molar-refractivity contribution is 5.91. The number of furan rings is 1. The zero-order valence-corrected chi connectivity index (χ0v) is 10.9. The van der Waals surface area contributed by atoms with Crippen LogP contribution in [-0.2, 0) is 6.54 Å². The van der Waals surface area contributed by atoms with Crippen LogP contribution in [0.1, 0.15) is 28.1 Å². The van der Waals surface area contributed by atoms with Gasteiger partial charge < -0.3 is 14.8 Å². The number of hydrogen-bond acceptors (Lipinski definition) is 3. The topological polar surface area (TPSA) is 62.5 Å². The highest BCUT2D eigenvalue weighted by Gasteiger charge is 2.07. The predicted octanol–water partition coefficient (Wildman–Crippen LogP) is 1.94. The van der Waals surface area contributed by atoms with Crippen molar-refractivity contribution in [1.29, 1.82) is 0 Å². The molecule has 0 saturated heterocycles. The van der Waals surface area contributed by atoms with Crippen molar-refractivity contribution in [2.24, 2.45) is 0 Å². The van der Waals surface area contributed by atoms with Gasteiger partial charge in [-0.05, 0) is 29.8 Å². The van der Waals surface area contributed by atoms with E-state index in [0.717, 1.165) is 11.1 Å². The summed E-state index contributed by atoms with van der Waals surface area (Å²) < 4.78 is 5.01. The second kappa shape index (κ2) is 7.17. The Morgan fingerprint density at radius 1 is 1.30 bits per heavy atom. The molecule has 2 N–H and O–H groups in total. The van der Waals surface area contributed by atoms with Gasteiger partial charge in [0.15, 0.2) is 5.76 Å². The van der Waals surface area contributed by atoms with Crippen molar-refractivity contribution < 1.29 is 14.3 Å². The Balaban J connectivity index is 1.95. The second-order valence-electron chi connectivity index (χ2n) is 4.14. The molecule has 0 aliphatic rings. The van der Waals surface area contributed by atoms with Gasteiger partial charge in [-0.25, -0.2) is 0 Å². The van der Waals surface area contributed by atoms with Crippen molar-refractivity contribution in [2.45, 2.75) is 13.0 Å². The van der Waals surface area contributed by atoms with Crippen LogP contribution in [0.4, 0.5) is 0 Å². The second-order valence-corrected chi connectivity index (χ2v) is 4.14. The lowest BCUT2D eigenvalue weighted by atomic mass is 10.1. The van der Waals surface area contributed by atoms with Crippen molar-refractivity contribution in [1.82, 2.24) is 5.32 Å². The molecule has 0 saturated carbocycles. The van der Waals surface area contributed by atoms with Crippen LogP contribution >= 0.6 is 0 Å². The highest BCUT2D eigenvalue weighted by Crippen LogP contribution is 2.05. The van der Waals surface area contributed by atoms with Crippen LogP contribution in [0.2, 0.25) is 0 Å². The lowest BCUT2D eigenvalue weighted by Gasteiger charge is -2.03. The molecule has 1 aromatic carbocycles. The monoisotopic (exact) mass is 269 g/mol. The van der Waals surface area contributed by atoms with Crippen LogP contribution in [0, 0.1) is 11.8 Å². The summed E-state index contributed by atoms with van der Waals surface area (Å²) in [5.41, 5.74) is 1.82. The van der Waals surface area contributed by atoms with Gasteiger partial charge in [0.2, 0.25) is 0 Å². The zero-order valence-electron chi connectivity index (χ0n) is 10.9. The zero-order chi connectivity index (χ0) is 14.2. The molecule has 0 bridgehead atoms. The Kier molecular flexibility index (Phi) is 4.99. The molecular formula is C16H15NO3. The Bertz CT molecular complexity index is 621. The SMILES string of the molecule is O=C(NCc1cccc(C#CCCO)c1)c1ccco1. The molecule has 0 aliphatic carbocycles. The summed E-state index contributed by atoms with van der Waals surface area (Å²) in [6.45, 7) is 0.473. The van der Waals surface area contributed by atoms with Gasteiger partial charge in [-0.2, -0.15) is 0 Å². The third-order valence-electron chi connectivity index (χ3n) is 2.59.